The smallest absolute Gasteiger partial charge is 0.336 e. The molecule has 0 saturated heterocycles. The maximum absolute atomic E-state index is 13.3. The lowest BCUT2D eigenvalue weighted by Crippen LogP contribution is -2.08. The van der Waals surface area contributed by atoms with E-state index >= 15 is 0 Å². The summed E-state index contributed by atoms with van der Waals surface area (Å²) in [6, 6.07) is 9.86. The minimum absolute atomic E-state index is 0.0403. The van der Waals surface area contributed by atoms with Gasteiger partial charge in [0, 0.05) is 5.56 Å². The van der Waals surface area contributed by atoms with Crippen LogP contribution in [-0.2, 0) is 11.4 Å². The van der Waals surface area contributed by atoms with Crippen LogP contribution in [0, 0.1) is 5.82 Å². The largest absolute Gasteiger partial charge is 0.489 e. The van der Waals surface area contributed by atoms with Crippen molar-refractivity contribution < 1.29 is 28.9 Å². The SMILES string of the molecule is C[C@@H](C(=O)O)c1cccc(OCc2cc(F)ccc2C(=O)O)c1. The Bertz CT molecular complexity index is 742. The Balaban J connectivity index is 2.19. The Kier molecular flexibility index (Phi) is 4.95. The molecule has 0 unspecified atom stereocenters. The Labute approximate surface area is 132 Å². The molecule has 0 aliphatic carbocycles. The number of hydrogen-bond acceptors (Lipinski definition) is 3. The lowest BCUT2D eigenvalue weighted by atomic mass is 10.0. The summed E-state index contributed by atoms with van der Waals surface area (Å²) >= 11 is 0. The lowest BCUT2D eigenvalue weighted by Gasteiger charge is -2.12. The van der Waals surface area contributed by atoms with Crippen LogP contribution < -0.4 is 4.74 Å². The van der Waals surface area contributed by atoms with E-state index in [9.17, 15) is 14.0 Å². The van der Waals surface area contributed by atoms with Crippen molar-refractivity contribution >= 4 is 11.9 Å². The molecular formula is C17H15FO5. The van der Waals surface area contributed by atoms with Gasteiger partial charge in [-0.25, -0.2) is 9.18 Å². The molecule has 0 radical (unpaired) electrons. The molecule has 0 aromatic heterocycles. The standard InChI is InChI=1S/C17H15FO5/c1-10(16(19)20)11-3-2-4-14(8-11)23-9-12-7-13(18)5-6-15(12)17(21)22/h2-8,10H,9H2,1H3,(H,19,20)(H,21,22)/t10-/m1/s1. The molecule has 120 valence electrons. The first kappa shape index (κ1) is 16.5. The number of halogens is 1. The molecule has 1 atom stereocenters. The highest BCUT2D eigenvalue weighted by Crippen LogP contribution is 2.22. The summed E-state index contributed by atoms with van der Waals surface area (Å²) in [7, 11) is 0. The van der Waals surface area contributed by atoms with Gasteiger partial charge in [0.1, 0.15) is 18.2 Å². The number of carboxylic acids is 2. The van der Waals surface area contributed by atoms with E-state index < -0.39 is 23.7 Å². The minimum Gasteiger partial charge on any atom is -0.489 e. The predicted octanol–water partition coefficient (Wildman–Crippen LogP) is 3.29. The molecular weight excluding hydrogens is 303 g/mol. The summed E-state index contributed by atoms with van der Waals surface area (Å²) in [6.07, 6.45) is 0. The number of carboxylic acid groups (broad SMARTS) is 2. The summed E-state index contributed by atoms with van der Waals surface area (Å²) in [6.45, 7) is 1.42. The van der Waals surface area contributed by atoms with Gasteiger partial charge in [0.05, 0.1) is 11.5 Å². The van der Waals surface area contributed by atoms with Gasteiger partial charge in [-0.3, -0.25) is 4.79 Å². The van der Waals surface area contributed by atoms with E-state index in [1.807, 2.05) is 0 Å². The van der Waals surface area contributed by atoms with Crippen LogP contribution in [0.25, 0.3) is 0 Å². The lowest BCUT2D eigenvalue weighted by molar-refractivity contribution is -0.138. The molecule has 0 spiro atoms. The molecule has 0 aliphatic rings. The van der Waals surface area contributed by atoms with Crippen LogP contribution in [0.3, 0.4) is 0 Å². The van der Waals surface area contributed by atoms with Crippen LogP contribution in [0.5, 0.6) is 5.75 Å². The van der Waals surface area contributed by atoms with Crippen molar-refractivity contribution in [2.45, 2.75) is 19.4 Å². The van der Waals surface area contributed by atoms with E-state index in [1.165, 1.54) is 6.07 Å². The van der Waals surface area contributed by atoms with Gasteiger partial charge in [0.25, 0.3) is 0 Å². The van der Waals surface area contributed by atoms with Crippen molar-refractivity contribution in [3.8, 4) is 5.75 Å². The number of carbonyl (C=O) groups is 2. The molecule has 0 saturated carbocycles. The number of aliphatic carboxylic acids is 1. The van der Waals surface area contributed by atoms with Crippen molar-refractivity contribution in [1.29, 1.82) is 0 Å². The third-order valence-corrected chi connectivity index (χ3v) is 3.42. The molecule has 0 fully saturated rings. The summed E-state index contributed by atoms with van der Waals surface area (Å²) in [5.41, 5.74) is 0.725. The van der Waals surface area contributed by atoms with Gasteiger partial charge in [-0.05, 0) is 42.8 Å². The van der Waals surface area contributed by atoms with E-state index in [0.717, 1.165) is 12.1 Å². The molecule has 23 heavy (non-hydrogen) atoms. The zero-order valence-corrected chi connectivity index (χ0v) is 12.3. The molecule has 0 heterocycles. The maximum Gasteiger partial charge on any atom is 0.336 e. The van der Waals surface area contributed by atoms with E-state index in [1.54, 1.807) is 31.2 Å². The molecule has 0 amide bonds. The van der Waals surface area contributed by atoms with Crippen LogP contribution in [0.4, 0.5) is 4.39 Å². The van der Waals surface area contributed by atoms with Crippen LogP contribution in [0.1, 0.15) is 34.3 Å². The third kappa shape index (κ3) is 4.06. The molecule has 2 rings (SSSR count). The first-order valence-corrected chi connectivity index (χ1v) is 6.85. The topological polar surface area (TPSA) is 83.8 Å². The van der Waals surface area contributed by atoms with Crippen molar-refractivity contribution in [3.05, 3.63) is 65.0 Å². The molecule has 2 N–H and O–H groups in total. The average Bonchev–Trinajstić information content (AvgIpc) is 2.52. The van der Waals surface area contributed by atoms with E-state index in [4.69, 9.17) is 14.9 Å². The van der Waals surface area contributed by atoms with E-state index in [0.29, 0.717) is 11.3 Å². The Hall–Kier alpha value is -2.89. The van der Waals surface area contributed by atoms with E-state index in [-0.39, 0.29) is 17.7 Å². The maximum atomic E-state index is 13.3. The van der Waals surface area contributed by atoms with Gasteiger partial charge >= 0.3 is 11.9 Å². The van der Waals surface area contributed by atoms with Crippen molar-refractivity contribution in [2.24, 2.45) is 0 Å². The molecule has 2 aromatic rings. The quantitative estimate of drug-likeness (QED) is 0.854. The van der Waals surface area contributed by atoms with Crippen LogP contribution in [0.15, 0.2) is 42.5 Å². The molecule has 5 nitrogen and oxygen atoms in total. The second kappa shape index (κ2) is 6.91. The number of hydrogen-bond donors (Lipinski definition) is 2. The van der Waals surface area contributed by atoms with Crippen LogP contribution in [0.2, 0.25) is 0 Å². The second-order valence-corrected chi connectivity index (χ2v) is 5.03. The first-order valence-electron chi connectivity index (χ1n) is 6.85. The summed E-state index contributed by atoms with van der Waals surface area (Å²) in [5.74, 6) is -2.99. The Morgan fingerprint density at radius 3 is 2.57 bits per heavy atom. The van der Waals surface area contributed by atoms with Gasteiger partial charge in [0.15, 0.2) is 0 Å². The van der Waals surface area contributed by atoms with Crippen LogP contribution in [-0.4, -0.2) is 22.2 Å². The van der Waals surface area contributed by atoms with Crippen molar-refractivity contribution in [2.75, 3.05) is 0 Å². The highest BCUT2D eigenvalue weighted by Gasteiger charge is 2.15. The van der Waals surface area contributed by atoms with Crippen molar-refractivity contribution in [3.63, 3.8) is 0 Å². The second-order valence-electron chi connectivity index (χ2n) is 5.03. The average molecular weight is 318 g/mol. The fourth-order valence-electron chi connectivity index (χ4n) is 2.07. The number of benzene rings is 2. The summed E-state index contributed by atoms with van der Waals surface area (Å²) in [5, 5.41) is 18.1. The van der Waals surface area contributed by atoms with Gasteiger partial charge in [-0.15, -0.1) is 0 Å². The van der Waals surface area contributed by atoms with E-state index in [2.05, 4.69) is 0 Å². The minimum atomic E-state index is -1.17. The normalized spacial score (nSPS) is 11.7. The zero-order valence-electron chi connectivity index (χ0n) is 12.3. The number of rotatable bonds is 6. The molecule has 6 heteroatoms. The first-order chi connectivity index (χ1) is 10.9. The molecule has 0 aliphatic heterocycles. The predicted molar refractivity (Wildman–Crippen MR) is 80.2 cm³/mol. The zero-order chi connectivity index (χ0) is 17.0. The van der Waals surface area contributed by atoms with Gasteiger partial charge < -0.3 is 14.9 Å². The van der Waals surface area contributed by atoms with Gasteiger partial charge in [-0.2, -0.15) is 0 Å². The fraction of sp³-hybridized carbons (Fsp3) is 0.176. The highest BCUT2D eigenvalue weighted by molar-refractivity contribution is 5.89. The van der Waals surface area contributed by atoms with Crippen LogP contribution >= 0.6 is 0 Å². The third-order valence-electron chi connectivity index (χ3n) is 3.42. The Morgan fingerprint density at radius 2 is 1.91 bits per heavy atom. The van der Waals surface area contributed by atoms with Gasteiger partial charge in [-0.1, -0.05) is 12.1 Å². The highest BCUT2D eigenvalue weighted by atomic mass is 19.1. The summed E-state index contributed by atoms with van der Waals surface area (Å²) in [4.78, 5) is 22.1. The fourth-order valence-corrected chi connectivity index (χ4v) is 2.07. The summed E-state index contributed by atoms with van der Waals surface area (Å²) < 4.78 is 18.8. The van der Waals surface area contributed by atoms with Gasteiger partial charge in [0.2, 0.25) is 0 Å². The molecule has 0 bridgehead atoms. The number of aromatic carboxylic acids is 1. The number of ether oxygens (including phenoxy) is 1. The molecule has 2 aromatic carbocycles. The Morgan fingerprint density at radius 1 is 1.17 bits per heavy atom. The van der Waals surface area contributed by atoms with Crippen molar-refractivity contribution in [1.82, 2.24) is 0 Å². The monoisotopic (exact) mass is 318 g/mol.